The van der Waals surface area contributed by atoms with E-state index >= 15 is 0 Å². The average molecular weight is 280 g/mol. The second-order valence-electron chi connectivity index (χ2n) is 7.49. The van der Waals surface area contributed by atoms with Crippen molar-refractivity contribution in [3.05, 3.63) is 0 Å². The van der Waals surface area contributed by atoms with Crippen LogP contribution >= 0.6 is 0 Å². The summed E-state index contributed by atoms with van der Waals surface area (Å²) in [5.41, 5.74) is 0. The largest absolute Gasteiger partial charge is 0.314 e. The van der Waals surface area contributed by atoms with Crippen molar-refractivity contribution >= 4 is 0 Å². The molecule has 0 bridgehead atoms. The normalized spacial score (nSPS) is 32.7. The predicted octanol–water partition coefficient (Wildman–Crippen LogP) is 3.91. The lowest BCUT2D eigenvalue weighted by Gasteiger charge is -2.28. The van der Waals surface area contributed by atoms with Gasteiger partial charge < -0.3 is 10.2 Å². The highest BCUT2D eigenvalue weighted by Gasteiger charge is 2.29. The van der Waals surface area contributed by atoms with Crippen LogP contribution in [-0.4, -0.2) is 37.1 Å². The van der Waals surface area contributed by atoms with E-state index in [1.807, 2.05) is 0 Å². The number of hydrogen-bond acceptors (Lipinski definition) is 2. The Balaban J connectivity index is 1.77. The van der Waals surface area contributed by atoms with Gasteiger partial charge in [-0.15, -0.1) is 0 Å². The van der Waals surface area contributed by atoms with Crippen molar-refractivity contribution in [2.75, 3.05) is 26.2 Å². The molecule has 2 heteroatoms. The van der Waals surface area contributed by atoms with Gasteiger partial charge in [-0.05, 0) is 75.9 Å². The highest BCUT2D eigenvalue weighted by atomic mass is 15.1. The van der Waals surface area contributed by atoms with Gasteiger partial charge in [0.25, 0.3) is 0 Å². The van der Waals surface area contributed by atoms with E-state index in [4.69, 9.17) is 0 Å². The van der Waals surface area contributed by atoms with E-state index in [0.717, 1.165) is 23.8 Å². The zero-order chi connectivity index (χ0) is 14.4. The van der Waals surface area contributed by atoms with E-state index in [-0.39, 0.29) is 0 Å². The van der Waals surface area contributed by atoms with Crippen LogP contribution in [0.2, 0.25) is 0 Å². The number of rotatable bonds is 6. The second-order valence-corrected chi connectivity index (χ2v) is 7.49. The summed E-state index contributed by atoms with van der Waals surface area (Å²) in [5, 5.41) is 3.79. The molecule has 1 aliphatic carbocycles. The molecule has 0 aromatic rings. The first-order chi connectivity index (χ1) is 9.70. The van der Waals surface area contributed by atoms with E-state index in [1.54, 1.807) is 0 Å². The lowest BCUT2D eigenvalue weighted by atomic mass is 9.89. The first-order valence-electron chi connectivity index (χ1n) is 9.16. The first-order valence-corrected chi connectivity index (χ1v) is 9.16. The Labute approximate surface area is 126 Å². The molecule has 118 valence electrons. The molecule has 2 aliphatic rings. The average Bonchev–Trinajstić information content (AvgIpc) is 2.71. The molecule has 2 rings (SSSR count). The van der Waals surface area contributed by atoms with Gasteiger partial charge in [-0.1, -0.05) is 27.2 Å². The predicted molar refractivity (Wildman–Crippen MR) is 88.0 cm³/mol. The van der Waals surface area contributed by atoms with Crippen LogP contribution < -0.4 is 5.32 Å². The Bertz CT molecular complexity index is 264. The molecule has 1 saturated heterocycles. The molecule has 0 spiro atoms. The second kappa shape index (κ2) is 8.38. The van der Waals surface area contributed by atoms with Crippen LogP contribution in [-0.2, 0) is 0 Å². The van der Waals surface area contributed by atoms with Crippen LogP contribution in [0.25, 0.3) is 0 Å². The first kappa shape index (κ1) is 16.3. The minimum atomic E-state index is 0.805. The lowest BCUT2D eigenvalue weighted by molar-refractivity contribution is 0.215. The van der Waals surface area contributed by atoms with E-state index in [9.17, 15) is 0 Å². The topological polar surface area (TPSA) is 15.3 Å². The Morgan fingerprint density at radius 3 is 2.65 bits per heavy atom. The quantitative estimate of drug-likeness (QED) is 0.793. The molecular weight excluding hydrogens is 244 g/mol. The highest BCUT2D eigenvalue weighted by molar-refractivity contribution is 4.86. The minimum Gasteiger partial charge on any atom is -0.314 e. The molecular formula is C18H36N2. The fraction of sp³-hybridized carbons (Fsp3) is 1.00. The molecule has 3 atom stereocenters. The van der Waals surface area contributed by atoms with Gasteiger partial charge in [0, 0.05) is 12.6 Å². The van der Waals surface area contributed by atoms with Crippen molar-refractivity contribution in [2.45, 2.75) is 71.8 Å². The standard InChI is InChI=1S/C18H36N2/c1-4-11-19-18-9-5-7-17(18)14-20-12-6-8-16(10-13-20)15(2)3/h15-19H,4-14H2,1-3H3. The van der Waals surface area contributed by atoms with Crippen LogP contribution in [0.3, 0.4) is 0 Å². The van der Waals surface area contributed by atoms with Crippen molar-refractivity contribution in [3.63, 3.8) is 0 Å². The molecule has 1 heterocycles. The monoisotopic (exact) mass is 280 g/mol. The molecule has 2 nitrogen and oxygen atoms in total. The van der Waals surface area contributed by atoms with Gasteiger partial charge in [0.05, 0.1) is 0 Å². The van der Waals surface area contributed by atoms with Gasteiger partial charge in [-0.25, -0.2) is 0 Å². The minimum absolute atomic E-state index is 0.805. The Morgan fingerprint density at radius 2 is 1.90 bits per heavy atom. The van der Waals surface area contributed by atoms with Gasteiger partial charge in [0.2, 0.25) is 0 Å². The number of nitrogens with zero attached hydrogens (tertiary/aromatic N) is 1. The third-order valence-electron chi connectivity index (χ3n) is 5.62. The van der Waals surface area contributed by atoms with Crippen molar-refractivity contribution in [3.8, 4) is 0 Å². The molecule has 20 heavy (non-hydrogen) atoms. The number of nitrogens with one attached hydrogen (secondary N) is 1. The maximum atomic E-state index is 3.79. The van der Waals surface area contributed by atoms with Crippen molar-refractivity contribution in [1.29, 1.82) is 0 Å². The van der Waals surface area contributed by atoms with Gasteiger partial charge in [0.1, 0.15) is 0 Å². The van der Waals surface area contributed by atoms with Crippen LogP contribution in [0.4, 0.5) is 0 Å². The maximum absolute atomic E-state index is 3.79. The highest BCUT2D eigenvalue weighted by Crippen LogP contribution is 2.29. The molecule has 0 radical (unpaired) electrons. The SMILES string of the molecule is CCCNC1CCCC1CN1CCCC(C(C)C)CC1. The van der Waals surface area contributed by atoms with Crippen LogP contribution in [0.15, 0.2) is 0 Å². The van der Waals surface area contributed by atoms with E-state index in [0.29, 0.717) is 0 Å². The molecule has 0 aromatic carbocycles. The third-order valence-corrected chi connectivity index (χ3v) is 5.62. The summed E-state index contributed by atoms with van der Waals surface area (Å²) in [6.07, 6.45) is 9.87. The summed E-state index contributed by atoms with van der Waals surface area (Å²) in [4.78, 5) is 2.78. The van der Waals surface area contributed by atoms with E-state index < -0.39 is 0 Å². The van der Waals surface area contributed by atoms with Crippen molar-refractivity contribution in [2.24, 2.45) is 17.8 Å². The zero-order valence-corrected chi connectivity index (χ0v) is 14.0. The summed E-state index contributed by atoms with van der Waals surface area (Å²) >= 11 is 0. The van der Waals surface area contributed by atoms with Crippen LogP contribution in [0.1, 0.15) is 65.7 Å². The Kier molecular flexibility index (Phi) is 6.83. The molecule has 3 unspecified atom stereocenters. The number of likely N-dealkylation sites (tertiary alicyclic amines) is 1. The summed E-state index contributed by atoms with van der Waals surface area (Å²) in [7, 11) is 0. The van der Waals surface area contributed by atoms with Crippen LogP contribution in [0, 0.1) is 17.8 Å². The van der Waals surface area contributed by atoms with Gasteiger partial charge in [-0.3, -0.25) is 0 Å². The van der Waals surface area contributed by atoms with Crippen LogP contribution in [0.5, 0.6) is 0 Å². The molecule has 1 N–H and O–H groups in total. The molecule has 1 aliphatic heterocycles. The van der Waals surface area contributed by atoms with Gasteiger partial charge in [0.15, 0.2) is 0 Å². The fourth-order valence-corrected chi connectivity index (χ4v) is 4.22. The van der Waals surface area contributed by atoms with E-state index in [1.165, 1.54) is 71.1 Å². The zero-order valence-electron chi connectivity index (χ0n) is 14.0. The summed E-state index contributed by atoms with van der Waals surface area (Å²) in [6.45, 7) is 12.3. The Hall–Kier alpha value is -0.0800. The summed E-state index contributed by atoms with van der Waals surface area (Å²) < 4.78 is 0. The molecule has 2 fully saturated rings. The molecule has 0 amide bonds. The van der Waals surface area contributed by atoms with Gasteiger partial charge >= 0.3 is 0 Å². The fourth-order valence-electron chi connectivity index (χ4n) is 4.22. The number of hydrogen-bond donors (Lipinski definition) is 1. The molecule has 1 saturated carbocycles. The summed E-state index contributed by atoms with van der Waals surface area (Å²) in [5.74, 6) is 2.76. The lowest BCUT2D eigenvalue weighted by Crippen LogP contribution is -2.40. The van der Waals surface area contributed by atoms with Crippen molar-refractivity contribution in [1.82, 2.24) is 10.2 Å². The van der Waals surface area contributed by atoms with Gasteiger partial charge in [-0.2, -0.15) is 0 Å². The van der Waals surface area contributed by atoms with E-state index in [2.05, 4.69) is 31.0 Å². The summed E-state index contributed by atoms with van der Waals surface area (Å²) in [6, 6.07) is 0.805. The van der Waals surface area contributed by atoms with Crippen molar-refractivity contribution < 1.29 is 0 Å². The molecule has 0 aromatic heterocycles. The Morgan fingerprint density at radius 1 is 1.05 bits per heavy atom. The third kappa shape index (κ3) is 4.73. The maximum Gasteiger partial charge on any atom is 0.0107 e. The smallest absolute Gasteiger partial charge is 0.0107 e.